The molecule has 0 bridgehead atoms. The smallest absolute Gasteiger partial charge is 0.207 e. The Kier molecular flexibility index (Phi) is 4.29. The van der Waals surface area contributed by atoms with Crippen LogP contribution in [0.25, 0.3) is 0 Å². The highest BCUT2D eigenvalue weighted by Crippen LogP contribution is 2.19. The van der Waals surface area contributed by atoms with Crippen molar-refractivity contribution in [2.45, 2.75) is 11.8 Å². The van der Waals surface area contributed by atoms with Crippen LogP contribution in [0.1, 0.15) is 6.92 Å². The molecule has 0 atom stereocenters. The first kappa shape index (κ1) is 13.4. The molecule has 1 aromatic rings. The van der Waals surface area contributed by atoms with E-state index in [9.17, 15) is 8.42 Å². The first-order chi connectivity index (χ1) is 7.34. The average Bonchev–Trinajstić information content (AvgIpc) is 2.16. The summed E-state index contributed by atoms with van der Waals surface area (Å²) in [5.74, 6) is 0. The van der Waals surface area contributed by atoms with Crippen LogP contribution in [0.15, 0.2) is 45.8 Å². The average molecular weight is 304 g/mol. The van der Waals surface area contributed by atoms with E-state index in [0.717, 1.165) is 10.0 Å². The molecule has 0 unspecified atom stereocenters. The van der Waals surface area contributed by atoms with Gasteiger partial charge in [0.05, 0.1) is 4.90 Å². The summed E-state index contributed by atoms with van der Waals surface area (Å²) in [6.45, 7) is 5.83. The number of likely N-dealkylation sites (N-methyl/N-ethyl adjacent to an activating group) is 1. The Balaban J connectivity index is 3.07. The second-order valence-corrected chi connectivity index (χ2v) is 6.64. The zero-order chi connectivity index (χ0) is 12.3. The van der Waals surface area contributed by atoms with Gasteiger partial charge in [0.15, 0.2) is 0 Å². The lowest BCUT2D eigenvalue weighted by molar-refractivity contribution is 0.493. The van der Waals surface area contributed by atoms with Gasteiger partial charge in [0, 0.05) is 18.1 Å². The molecule has 5 heteroatoms. The van der Waals surface area contributed by atoms with Crippen LogP contribution in [0.5, 0.6) is 0 Å². The minimum absolute atomic E-state index is 0.283. The van der Waals surface area contributed by atoms with Gasteiger partial charge in [-0.3, -0.25) is 0 Å². The van der Waals surface area contributed by atoms with E-state index in [1.807, 2.05) is 0 Å². The van der Waals surface area contributed by atoms with Crippen LogP contribution in [0.4, 0.5) is 0 Å². The second-order valence-electron chi connectivity index (χ2n) is 3.68. The topological polar surface area (TPSA) is 37.4 Å². The second kappa shape index (κ2) is 5.12. The quantitative estimate of drug-likeness (QED) is 0.802. The Morgan fingerprint density at radius 2 is 2.12 bits per heavy atom. The van der Waals surface area contributed by atoms with Crippen molar-refractivity contribution in [1.29, 1.82) is 0 Å². The number of hydrogen-bond donors (Lipinski definition) is 0. The van der Waals surface area contributed by atoms with Crippen molar-refractivity contribution in [3.05, 3.63) is 40.9 Å². The molecule has 0 amide bonds. The lowest BCUT2D eigenvalue weighted by Gasteiger charge is -2.17. The number of halogens is 1. The highest BCUT2D eigenvalue weighted by molar-refractivity contribution is 9.10. The van der Waals surface area contributed by atoms with E-state index in [1.54, 1.807) is 38.2 Å². The minimum Gasteiger partial charge on any atom is -0.207 e. The Morgan fingerprint density at radius 1 is 1.50 bits per heavy atom. The largest absolute Gasteiger partial charge is 0.243 e. The molecule has 1 aromatic carbocycles. The van der Waals surface area contributed by atoms with E-state index in [4.69, 9.17) is 0 Å². The van der Waals surface area contributed by atoms with Crippen LogP contribution in [-0.2, 0) is 10.0 Å². The zero-order valence-electron chi connectivity index (χ0n) is 9.27. The van der Waals surface area contributed by atoms with E-state index >= 15 is 0 Å². The number of nitrogens with zero attached hydrogens (tertiary/aromatic N) is 1. The van der Waals surface area contributed by atoms with Crippen molar-refractivity contribution in [2.24, 2.45) is 0 Å². The molecule has 1 rings (SSSR count). The van der Waals surface area contributed by atoms with Crippen LogP contribution in [0.3, 0.4) is 0 Å². The van der Waals surface area contributed by atoms with E-state index in [-0.39, 0.29) is 4.90 Å². The molecule has 0 spiro atoms. The summed E-state index contributed by atoms with van der Waals surface area (Å²) in [7, 11) is -1.87. The van der Waals surface area contributed by atoms with Crippen LogP contribution < -0.4 is 0 Å². The van der Waals surface area contributed by atoms with E-state index in [1.165, 1.54) is 4.31 Å². The van der Waals surface area contributed by atoms with Crippen molar-refractivity contribution < 1.29 is 8.42 Å². The van der Waals surface area contributed by atoms with Gasteiger partial charge < -0.3 is 0 Å². The Bertz CT molecular complexity index is 496. The summed E-state index contributed by atoms with van der Waals surface area (Å²) in [5.41, 5.74) is 0.807. The minimum atomic E-state index is -3.41. The summed E-state index contributed by atoms with van der Waals surface area (Å²) < 4.78 is 26.2. The molecule has 0 N–H and O–H groups in total. The number of benzene rings is 1. The Hall–Kier alpha value is -0.650. The molecule has 0 saturated carbocycles. The maximum absolute atomic E-state index is 12.1. The maximum Gasteiger partial charge on any atom is 0.243 e. The number of sulfonamides is 1. The lowest BCUT2D eigenvalue weighted by Crippen LogP contribution is -2.28. The van der Waals surface area contributed by atoms with Gasteiger partial charge in [0.1, 0.15) is 0 Å². The summed E-state index contributed by atoms with van der Waals surface area (Å²) in [6, 6.07) is 6.66. The molecule has 0 aromatic heterocycles. The van der Waals surface area contributed by atoms with Crippen molar-refractivity contribution in [2.75, 3.05) is 13.6 Å². The van der Waals surface area contributed by atoms with Gasteiger partial charge in [-0.15, -0.1) is 0 Å². The molecular weight excluding hydrogens is 290 g/mol. The Morgan fingerprint density at radius 3 is 2.62 bits per heavy atom. The maximum atomic E-state index is 12.1. The van der Waals surface area contributed by atoms with E-state index in [0.29, 0.717) is 6.54 Å². The fraction of sp³-hybridized carbons (Fsp3) is 0.273. The van der Waals surface area contributed by atoms with Gasteiger partial charge in [0.25, 0.3) is 0 Å². The predicted molar refractivity (Wildman–Crippen MR) is 68.8 cm³/mol. The third-order valence-electron chi connectivity index (χ3n) is 2.00. The van der Waals surface area contributed by atoms with Crippen molar-refractivity contribution in [3.63, 3.8) is 0 Å². The molecular formula is C11H14BrNO2S. The predicted octanol–water partition coefficient (Wildman–Crippen LogP) is 2.65. The number of hydrogen-bond acceptors (Lipinski definition) is 2. The van der Waals surface area contributed by atoms with Gasteiger partial charge in [-0.25, -0.2) is 8.42 Å². The lowest BCUT2D eigenvalue weighted by atomic mass is 10.4. The normalized spacial score (nSPS) is 11.8. The molecule has 0 aliphatic carbocycles. The van der Waals surface area contributed by atoms with Crippen LogP contribution in [0, 0.1) is 0 Å². The first-order valence-electron chi connectivity index (χ1n) is 4.70. The molecule has 88 valence electrons. The third-order valence-corrected chi connectivity index (χ3v) is 4.29. The van der Waals surface area contributed by atoms with Crippen LogP contribution in [0.2, 0.25) is 0 Å². The summed E-state index contributed by atoms with van der Waals surface area (Å²) in [5, 5.41) is 0. The van der Waals surface area contributed by atoms with Gasteiger partial charge in [0.2, 0.25) is 10.0 Å². The highest BCUT2D eigenvalue weighted by atomic mass is 79.9. The van der Waals surface area contributed by atoms with Crippen LogP contribution >= 0.6 is 15.9 Å². The highest BCUT2D eigenvalue weighted by Gasteiger charge is 2.20. The molecule has 0 saturated heterocycles. The number of rotatable bonds is 4. The SMILES string of the molecule is C=C(C)CN(C)S(=O)(=O)c1cccc(Br)c1. The molecule has 16 heavy (non-hydrogen) atoms. The fourth-order valence-electron chi connectivity index (χ4n) is 1.27. The molecule has 0 heterocycles. The van der Waals surface area contributed by atoms with Crippen LogP contribution in [-0.4, -0.2) is 26.3 Å². The molecule has 0 radical (unpaired) electrons. The Labute approximate surface area is 105 Å². The third kappa shape index (κ3) is 3.17. The van der Waals surface area contributed by atoms with Crippen molar-refractivity contribution >= 4 is 26.0 Å². The summed E-state index contributed by atoms with van der Waals surface area (Å²) in [4.78, 5) is 0.283. The summed E-state index contributed by atoms with van der Waals surface area (Å²) >= 11 is 3.25. The van der Waals surface area contributed by atoms with Gasteiger partial charge in [-0.2, -0.15) is 4.31 Å². The molecule has 0 aliphatic heterocycles. The summed E-state index contributed by atoms with van der Waals surface area (Å²) in [6.07, 6.45) is 0. The molecule has 0 fully saturated rings. The monoisotopic (exact) mass is 303 g/mol. The van der Waals surface area contributed by atoms with Gasteiger partial charge in [-0.05, 0) is 25.1 Å². The van der Waals surface area contributed by atoms with E-state index in [2.05, 4.69) is 22.5 Å². The van der Waals surface area contributed by atoms with Gasteiger partial charge >= 0.3 is 0 Å². The van der Waals surface area contributed by atoms with Crippen molar-refractivity contribution in [1.82, 2.24) is 4.31 Å². The molecule has 3 nitrogen and oxygen atoms in total. The van der Waals surface area contributed by atoms with Crippen molar-refractivity contribution in [3.8, 4) is 0 Å². The fourth-order valence-corrected chi connectivity index (χ4v) is 3.10. The van der Waals surface area contributed by atoms with E-state index < -0.39 is 10.0 Å². The van der Waals surface area contributed by atoms with Gasteiger partial charge in [-0.1, -0.05) is 34.1 Å². The first-order valence-corrected chi connectivity index (χ1v) is 6.93. The molecule has 0 aliphatic rings. The standard InChI is InChI=1S/C11H14BrNO2S/c1-9(2)8-13(3)16(14,15)11-6-4-5-10(12)7-11/h4-7H,1,8H2,2-3H3. The zero-order valence-corrected chi connectivity index (χ0v) is 11.7.